The number of rotatable bonds is 3. The Morgan fingerprint density at radius 3 is 2.81 bits per heavy atom. The first kappa shape index (κ1) is 11.4. The highest BCUT2D eigenvalue weighted by Gasteiger charge is 2.09. The maximum atomic E-state index is 6.05. The van der Waals surface area contributed by atoms with Crippen LogP contribution in [0.1, 0.15) is 5.82 Å². The topological polar surface area (TPSA) is 67.6 Å². The first-order valence-corrected chi connectivity index (χ1v) is 5.53. The Kier molecular flexibility index (Phi) is 3.43. The second-order valence-corrected chi connectivity index (χ2v) is 4.11. The predicted octanol–water partition coefficient (Wildman–Crippen LogP) is 2.28. The minimum Gasteiger partial charge on any atom is -0.330 e. The molecule has 2 rings (SSSR count). The molecule has 1 aromatic carbocycles. The fourth-order valence-corrected chi connectivity index (χ4v) is 1.83. The molecule has 4 nitrogen and oxygen atoms in total. The molecule has 6 heteroatoms. The third kappa shape index (κ3) is 2.35. The average Bonchev–Trinajstić information content (AvgIpc) is 2.67. The van der Waals surface area contributed by atoms with Crippen molar-refractivity contribution in [1.82, 2.24) is 15.2 Å². The van der Waals surface area contributed by atoms with Crippen LogP contribution in [0.25, 0.3) is 11.4 Å². The molecule has 3 N–H and O–H groups in total. The standard InChI is InChI=1S/C10H10Cl2N4/c11-6-1-2-7(8(12)5-6)10-14-9(3-4-13)15-16-10/h1-2,5H,3-4,13H2,(H,14,15,16). The van der Waals surface area contributed by atoms with Crippen LogP contribution in [0, 0.1) is 0 Å². The Labute approximate surface area is 103 Å². The number of benzene rings is 1. The number of hydrogen-bond acceptors (Lipinski definition) is 3. The molecule has 2 aromatic rings. The van der Waals surface area contributed by atoms with Gasteiger partial charge in [-0.05, 0) is 24.7 Å². The smallest absolute Gasteiger partial charge is 0.182 e. The van der Waals surface area contributed by atoms with E-state index in [1.165, 1.54) is 0 Å². The fraction of sp³-hybridized carbons (Fsp3) is 0.200. The number of hydrogen-bond donors (Lipinski definition) is 2. The number of aromatic nitrogens is 3. The lowest BCUT2D eigenvalue weighted by atomic mass is 10.2. The zero-order valence-corrected chi connectivity index (χ0v) is 9.89. The minimum absolute atomic E-state index is 0.531. The average molecular weight is 257 g/mol. The Morgan fingerprint density at radius 1 is 1.31 bits per heavy atom. The maximum absolute atomic E-state index is 6.05. The zero-order chi connectivity index (χ0) is 11.5. The van der Waals surface area contributed by atoms with Gasteiger partial charge in [-0.1, -0.05) is 23.2 Å². The van der Waals surface area contributed by atoms with Crippen molar-refractivity contribution in [3.8, 4) is 11.4 Å². The molecule has 0 unspecified atom stereocenters. The number of nitrogens with two attached hydrogens (primary N) is 1. The van der Waals surface area contributed by atoms with Gasteiger partial charge in [-0.25, -0.2) is 4.98 Å². The molecule has 1 aromatic heterocycles. The number of nitrogens with one attached hydrogen (secondary N) is 1. The summed E-state index contributed by atoms with van der Waals surface area (Å²) in [5.41, 5.74) is 6.18. The van der Waals surface area contributed by atoms with Gasteiger partial charge in [0.2, 0.25) is 0 Å². The van der Waals surface area contributed by atoms with Gasteiger partial charge in [0.1, 0.15) is 5.82 Å². The van der Waals surface area contributed by atoms with Gasteiger partial charge in [-0.2, -0.15) is 5.10 Å². The van der Waals surface area contributed by atoms with E-state index in [-0.39, 0.29) is 0 Å². The first-order valence-electron chi connectivity index (χ1n) is 4.77. The van der Waals surface area contributed by atoms with Crippen LogP contribution in [0.15, 0.2) is 18.2 Å². The lowest BCUT2D eigenvalue weighted by Gasteiger charge is -1.99. The number of aromatic amines is 1. The van der Waals surface area contributed by atoms with E-state index in [4.69, 9.17) is 28.9 Å². The fourth-order valence-electron chi connectivity index (χ4n) is 1.34. The Morgan fingerprint density at radius 2 is 2.12 bits per heavy atom. The van der Waals surface area contributed by atoms with Crippen molar-refractivity contribution in [1.29, 1.82) is 0 Å². The van der Waals surface area contributed by atoms with Crippen LogP contribution < -0.4 is 5.73 Å². The van der Waals surface area contributed by atoms with Crippen molar-refractivity contribution in [3.05, 3.63) is 34.1 Å². The summed E-state index contributed by atoms with van der Waals surface area (Å²) in [7, 11) is 0. The largest absolute Gasteiger partial charge is 0.330 e. The Bertz CT molecular complexity index is 495. The van der Waals surface area contributed by atoms with E-state index in [1.54, 1.807) is 18.2 Å². The van der Waals surface area contributed by atoms with Gasteiger partial charge < -0.3 is 5.73 Å². The summed E-state index contributed by atoms with van der Waals surface area (Å²) in [6, 6.07) is 5.21. The van der Waals surface area contributed by atoms with Gasteiger partial charge >= 0.3 is 0 Å². The summed E-state index contributed by atoms with van der Waals surface area (Å²) in [6.07, 6.45) is 0.665. The molecule has 0 aliphatic heterocycles. The maximum Gasteiger partial charge on any atom is 0.182 e. The normalized spacial score (nSPS) is 10.7. The molecular formula is C10H10Cl2N4. The Balaban J connectivity index is 2.35. The summed E-state index contributed by atoms with van der Waals surface area (Å²) >= 11 is 11.9. The molecule has 0 radical (unpaired) electrons. The molecule has 16 heavy (non-hydrogen) atoms. The lowest BCUT2D eigenvalue weighted by molar-refractivity contribution is 0.874. The quantitative estimate of drug-likeness (QED) is 0.886. The van der Waals surface area contributed by atoms with E-state index in [0.717, 1.165) is 11.4 Å². The van der Waals surface area contributed by atoms with Gasteiger partial charge in [0.25, 0.3) is 0 Å². The van der Waals surface area contributed by atoms with Crippen molar-refractivity contribution >= 4 is 23.2 Å². The molecule has 0 fully saturated rings. The first-order chi connectivity index (χ1) is 7.70. The zero-order valence-electron chi connectivity index (χ0n) is 8.37. The van der Waals surface area contributed by atoms with Crippen LogP contribution >= 0.6 is 23.2 Å². The van der Waals surface area contributed by atoms with E-state index < -0.39 is 0 Å². The summed E-state index contributed by atoms with van der Waals surface area (Å²) in [4.78, 5) is 4.29. The molecule has 0 spiro atoms. The molecule has 0 atom stereocenters. The Hall–Kier alpha value is -1.10. The van der Waals surface area contributed by atoms with Crippen molar-refractivity contribution in [2.24, 2.45) is 5.73 Å². The third-order valence-electron chi connectivity index (χ3n) is 2.08. The van der Waals surface area contributed by atoms with E-state index >= 15 is 0 Å². The van der Waals surface area contributed by atoms with Gasteiger partial charge in [0, 0.05) is 17.0 Å². The highest BCUT2D eigenvalue weighted by molar-refractivity contribution is 6.36. The van der Waals surface area contributed by atoms with Crippen LogP contribution in [-0.4, -0.2) is 21.7 Å². The van der Waals surface area contributed by atoms with Crippen molar-refractivity contribution in [2.75, 3.05) is 6.54 Å². The van der Waals surface area contributed by atoms with Gasteiger partial charge in [0.05, 0.1) is 5.02 Å². The second kappa shape index (κ2) is 4.82. The third-order valence-corrected chi connectivity index (χ3v) is 2.63. The summed E-state index contributed by atoms with van der Waals surface area (Å²) in [5, 5.41) is 8.01. The van der Waals surface area contributed by atoms with Crippen molar-refractivity contribution in [3.63, 3.8) is 0 Å². The monoisotopic (exact) mass is 256 g/mol. The number of halogens is 2. The van der Waals surface area contributed by atoms with Crippen molar-refractivity contribution in [2.45, 2.75) is 6.42 Å². The number of H-pyrrole nitrogens is 1. The highest BCUT2D eigenvalue weighted by atomic mass is 35.5. The molecule has 0 aliphatic rings. The molecule has 0 amide bonds. The van der Waals surface area contributed by atoms with Crippen LogP contribution in [-0.2, 0) is 6.42 Å². The van der Waals surface area contributed by atoms with E-state index in [0.29, 0.717) is 28.8 Å². The van der Waals surface area contributed by atoms with E-state index in [1.807, 2.05) is 0 Å². The second-order valence-electron chi connectivity index (χ2n) is 3.27. The van der Waals surface area contributed by atoms with Crippen LogP contribution in [0.3, 0.4) is 0 Å². The molecule has 1 heterocycles. The van der Waals surface area contributed by atoms with Crippen molar-refractivity contribution < 1.29 is 0 Å². The number of nitrogens with zero attached hydrogens (tertiary/aromatic N) is 2. The van der Waals surface area contributed by atoms with E-state index in [2.05, 4.69) is 15.2 Å². The van der Waals surface area contributed by atoms with E-state index in [9.17, 15) is 0 Å². The molecule has 0 saturated heterocycles. The lowest BCUT2D eigenvalue weighted by Crippen LogP contribution is -2.03. The van der Waals surface area contributed by atoms with Crippen LogP contribution in [0.2, 0.25) is 10.0 Å². The molecule has 84 valence electrons. The van der Waals surface area contributed by atoms with Gasteiger partial charge in [-0.15, -0.1) is 0 Å². The van der Waals surface area contributed by atoms with Gasteiger partial charge in [0.15, 0.2) is 5.82 Å². The van der Waals surface area contributed by atoms with Crippen LogP contribution in [0.5, 0.6) is 0 Å². The highest BCUT2D eigenvalue weighted by Crippen LogP contribution is 2.27. The molecule has 0 bridgehead atoms. The predicted molar refractivity (Wildman–Crippen MR) is 64.6 cm³/mol. The molecule has 0 aliphatic carbocycles. The van der Waals surface area contributed by atoms with Crippen LogP contribution in [0.4, 0.5) is 0 Å². The molecular weight excluding hydrogens is 247 g/mol. The SMILES string of the molecule is NCCc1nc(-c2ccc(Cl)cc2Cl)n[nH]1. The summed E-state index contributed by atoms with van der Waals surface area (Å²) in [5.74, 6) is 1.31. The van der Waals surface area contributed by atoms with Gasteiger partial charge in [-0.3, -0.25) is 5.10 Å². The molecule has 0 saturated carbocycles. The minimum atomic E-state index is 0.531. The summed E-state index contributed by atoms with van der Waals surface area (Å²) < 4.78 is 0. The summed E-state index contributed by atoms with van der Waals surface area (Å²) in [6.45, 7) is 0.531.